The largest absolute Gasteiger partial charge is 0.857 e. The summed E-state index contributed by atoms with van der Waals surface area (Å²) in [7, 11) is 1.50. The maximum absolute atomic E-state index is 8.25. The van der Waals surface area contributed by atoms with Gasteiger partial charge in [0.1, 0.15) is 0 Å². The minimum absolute atomic E-state index is 0.410. The van der Waals surface area contributed by atoms with Crippen LogP contribution in [0.1, 0.15) is 27.7 Å². The Morgan fingerprint density at radius 3 is 1.32 bits per heavy atom. The van der Waals surface area contributed by atoms with E-state index >= 15 is 0 Å². The van der Waals surface area contributed by atoms with Gasteiger partial charge in [-0.25, -0.2) is 0 Å². The van der Waals surface area contributed by atoms with Crippen molar-refractivity contribution in [1.29, 1.82) is 0 Å². The molecule has 2 unspecified atom stereocenters. The molecule has 0 aromatic heterocycles. The predicted octanol–water partition coefficient (Wildman–Crippen LogP) is 2.41. The van der Waals surface area contributed by atoms with Gasteiger partial charge in [-0.05, 0) is 0 Å². The fraction of sp³-hybridized carbons (Fsp3) is 0.500. The molecule has 0 saturated carbocycles. The molecule has 0 spiro atoms. The van der Waals surface area contributed by atoms with E-state index in [0.717, 1.165) is 14.2 Å². The molecule has 104 valence electrons. The zero-order chi connectivity index (χ0) is 15.1. The van der Waals surface area contributed by atoms with Crippen LogP contribution >= 0.6 is 0 Å². The van der Waals surface area contributed by atoms with E-state index in [-0.39, 0.29) is 0 Å². The minimum atomic E-state index is -0.529. The Labute approximate surface area is 129 Å². The van der Waals surface area contributed by atoms with Gasteiger partial charge in [0.05, 0.1) is 0 Å². The van der Waals surface area contributed by atoms with Crippen molar-refractivity contribution >= 4 is 0 Å². The smallest absolute Gasteiger partial charge is 0.153 e. The van der Waals surface area contributed by atoms with Gasteiger partial charge in [0.15, 0.2) is 0 Å². The van der Waals surface area contributed by atoms with E-state index in [9.17, 15) is 0 Å². The third-order valence-corrected chi connectivity index (χ3v) is 7.16. The Morgan fingerprint density at radius 1 is 0.789 bits per heavy atom. The van der Waals surface area contributed by atoms with E-state index in [2.05, 4.69) is 64.2 Å². The second-order valence-corrected chi connectivity index (χ2v) is 11.0. The van der Waals surface area contributed by atoms with E-state index in [0.29, 0.717) is 6.25 Å². The van der Waals surface area contributed by atoms with Gasteiger partial charge in [-0.3, -0.25) is 0 Å². The van der Waals surface area contributed by atoms with Crippen LogP contribution in [0.3, 0.4) is 0 Å². The summed E-state index contributed by atoms with van der Waals surface area (Å²) in [4.78, 5) is 0. The van der Waals surface area contributed by atoms with Crippen LogP contribution < -0.4 is 10.2 Å². The van der Waals surface area contributed by atoms with E-state index in [1.165, 1.54) is 11.1 Å². The quantitative estimate of drug-likeness (QED) is 0.775. The zero-order valence-corrected chi connectivity index (χ0v) is 15.2. The van der Waals surface area contributed by atoms with Crippen molar-refractivity contribution in [3.63, 3.8) is 0 Å². The average Bonchev–Trinajstić information content (AvgIpc) is 2.87. The molecule has 0 aromatic rings. The van der Waals surface area contributed by atoms with Gasteiger partial charge in [0, 0.05) is 0 Å². The molecule has 3 heteroatoms. The second kappa shape index (κ2) is 8.14. The Bertz CT molecular complexity index is 369. The maximum Gasteiger partial charge on any atom is -0.153 e. The molecule has 2 aliphatic rings. The summed E-state index contributed by atoms with van der Waals surface area (Å²) in [6.07, 6.45) is 14.3. The topological polar surface area (TPSA) is 46.1 Å². The van der Waals surface area contributed by atoms with E-state index in [4.69, 9.17) is 10.2 Å². The van der Waals surface area contributed by atoms with Crippen LogP contribution in [0.25, 0.3) is 0 Å². The molecule has 0 heterocycles. The van der Waals surface area contributed by atoms with Gasteiger partial charge in [-0.15, -0.1) is 0 Å². The van der Waals surface area contributed by atoms with Crippen molar-refractivity contribution in [3.05, 3.63) is 47.6 Å². The standard InChI is InChI=1S/2C7H9.2CH3O.Zr/c2*1-6-3-4-7(2)5-6;2*1-2;/h2*3-5H,1-2H3;2*1H3;/q;;2*-1;+2. The number of rotatable bonds is 2. The third kappa shape index (κ3) is 5.73. The molecule has 0 aromatic carbocycles. The second-order valence-electron chi connectivity index (χ2n) is 5.13. The molecule has 0 N–H and O–H groups in total. The summed E-state index contributed by atoms with van der Waals surface area (Å²) in [6, 6.07) is 0. The summed E-state index contributed by atoms with van der Waals surface area (Å²) < 4.78 is 0.821. The van der Waals surface area contributed by atoms with Crippen LogP contribution in [0.15, 0.2) is 47.6 Å². The van der Waals surface area contributed by atoms with Crippen LogP contribution in [-0.4, -0.2) is 14.2 Å². The molecule has 2 aliphatic carbocycles. The molecule has 19 heavy (non-hydrogen) atoms. The molecule has 2 nitrogen and oxygen atoms in total. The van der Waals surface area contributed by atoms with Crippen LogP contribution in [0.2, 0.25) is 6.25 Å². The van der Waals surface area contributed by atoms with Crippen molar-refractivity contribution in [2.75, 3.05) is 14.2 Å². The summed E-state index contributed by atoms with van der Waals surface area (Å²) in [5, 5.41) is 16.5. The third-order valence-electron chi connectivity index (χ3n) is 2.98. The molecule has 0 amide bonds. The first-order valence-corrected chi connectivity index (χ1v) is 8.75. The first-order valence-electron chi connectivity index (χ1n) is 6.29. The van der Waals surface area contributed by atoms with Crippen LogP contribution in [-0.2, 0) is 23.2 Å². The van der Waals surface area contributed by atoms with Crippen molar-refractivity contribution < 1.29 is 33.4 Å². The fourth-order valence-corrected chi connectivity index (χ4v) is 7.63. The Kier molecular flexibility index (Phi) is 8.04. The SMILES string of the molecule is CC1=C[C](C)([Zr+2][C]2(C)C=CC(C)=C2)C=C1.C[O-].C[O-]. The van der Waals surface area contributed by atoms with Gasteiger partial charge >= 0.3 is 105 Å². The summed E-state index contributed by atoms with van der Waals surface area (Å²) in [5.41, 5.74) is 2.87. The Morgan fingerprint density at radius 2 is 1.11 bits per heavy atom. The van der Waals surface area contributed by atoms with Gasteiger partial charge in [-0.2, -0.15) is 14.2 Å². The minimum Gasteiger partial charge on any atom is -0.857 e. The van der Waals surface area contributed by atoms with Gasteiger partial charge in [0.25, 0.3) is 0 Å². The monoisotopic (exact) mass is 338 g/mol. The van der Waals surface area contributed by atoms with Gasteiger partial charge in [0.2, 0.25) is 0 Å². The van der Waals surface area contributed by atoms with Crippen LogP contribution in [0, 0.1) is 0 Å². The Balaban J connectivity index is 0.000000741. The van der Waals surface area contributed by atoms with Crippen molar-refractivity contribution in [2.24, 2.45) is 0 Å². The number of hydrogen-bond acceptors (Lipinski definition) is 2. The first-order chi connectivity index (χ1) is 8.91. The summed E-state index contributed by atoms with van der Waals surface area (Å²) >= 11 is -0.529. The number of hydrogen-bond donors (Lipinski definition) is 0. The van der Waals surface area contributed by atoms with Gasteiger partial charge in [-0.1, -0.05) is 0 Å². The molecule has 2 rings (SSSR count). The van der Waals surface area contributed by atoms with E-state index in [1.807, 2.05) is 0 Å². The molecule has 0 saturated heterocycles. The van der Waals surface area contributed by atoms with Crippen molar-refractivity contribution in [2.45, 2.75) is 33.9 Å². The van der Waals surface area contributed by atoms with Crippen molar-refractivity contribution in [1.82, 2.24) is 0 Å². The maximum atomic E-state index is 8.25. The summed E-state index contributed by atoms with van der Waals surface area (Å²) in [5.74, 6) is 0. The molecule has 0 fully saturated rings. The predicted molar refractivity (Wildman–Crippen MR) is 74.4 cm³/mol. The average molecular weight is 340 g/mol. The Hall–Kier alpha value is -0.237. The molecule has 0 radical (unpaired) electrons. The molecule has 0 bridgehead atoms. The summed E-state index contributed by atoms with van der Waals surface area (Å²) in [6.45, 7) is 9.20. The van der Waals surface area contributed by atoms with E-state index in [1.54, 1.807) is 0 Å². The van der Waals surface area contributed by atoms with Crippen molar-refractivity contribution in [3.8, 4) is 0 Å². The zero-order valence-electron chi connectivity index (χ0n) is 12.8. The van der Waals surface area contributed by atoms with Crippen LogP contribution in [0.5, 0.6) is 0 Å². The fourth-order valence-electron chi connectivity index (χ4n) is 2.48. The van der Waals surface area contributed by atoms with E-state index < -0.39 is 23.2 Å². The molecular weight excluding hydrogens is 315 g/mol. The molecule has 0 aliphatic heterocycles. The normalized spacial score (nSPS) is 30.5. The number of allylic oxidation sites excluding steroid dienone is 8. The van der Waals surface area contributed by atoms with Gasteiger partial charge < -0.3 is 10.2 Å². The first kappa shape index (κ1) is 18.8. The molecule has 2 atom stereocenters. The van der Waals surface area contributed by atoms with Crippen LogP contribution in [0.4, 0.5) is 0 Å². The molecular formula is C16H24O2Zr.